The van der Waals surface area contributed by atoms with E-state index in [9.17, 15) is 9.90 Å². The molecule has 4 rings (SSSR count). The van der Waals surface area contributed by atoms with Gasteiger partial charge >= 0.3 is 0 Å². The van der Waals surface area contributed by atoms with Gasteiger partial charge in [0.2, 0.25) is 8.32 Å². The van der Waals surface area contributed by atoms with Crippen molar-refractivity contribution in [1.82, 2.24) is 0 Å². The number of aliphatic hydroxyl groups excluding tert-OH is 1. The molecule has 0 aromatic rings. The van der Waals surface area contributed by atoms with E-state index in [0.717, 1.165) is 17.6 Å². The van der Waals surface area contributed by atoms with Crippen LogP contribution in [0.2, 0.25) is 19.6 Å². The highest BCUT2D eigenvalue weighted by atomic mass is 35.5. The van der Waals surface area contributed by atoms with Gasteiger partial charge in [-0.3, -0.25) is 4.79 Å². The molecular weight excluding hydrogens is 419 g/mol. The number of hydrogen-bond donors (Lipinski definition) is 1. The summed E-state index contributed by atoms with van der Waals surface area (Å²) in [4.78, 5) is 11.9. The first-order valence-corrected chi connectivity index (χ1v) is 14.7. The largest absolute Gasteiger partial charge is 0.544 e. The van der Waals surface area contributed by atoms with Crippen molar-refractivity contribution in [3.05, 3.63) is 46.7 Å². The molecule has 1 N–H and O–H groups in total. The van der Waals surface area contributed by atoms with E-state index in [2.05, 4.69) is 32.6 Å². The Balaban J connectivity index is 1.73. The van der Waals surface area contributed by atoms with Crippen molar-refractivity contribution in [2.75, 3.05) is 0 Å². The molecule has 0 unspecified atom stereocenters. The first-order chi connectivity index (χ1) is 13.9. The van der Waals surface area contributed by atoms with Gasteiger partial charge in [-0.1, -0.05) is 36.2 Å². The minimum absolute atomic E-state index is 0.0576. The summed E-state index contributed by atoms with van der Waals surface area (Å²) < 4.78 is 23.3. The van der Waals surface area contributed by atoms with Crippen molar-refractivity contribution in [3.8, 4) is 0 Å². The molecular formula is C24H32ClFO3Si. The maximum absolute atomic E-state index is 17.0. The number of fused-ring (bicyclic) bond motifs is 5. The quantitative estimate of drug-likeness (QED) is 0.435. The van der Waals surface area contributed by atoms with Crippen LogP contribution in [0.15, 0.2) is 46.7 Å². The molecule has 2 saturated carbocycles. The molecule has 0 aromatic heterocycles. The molecule has 0 aliphatic heterocycles. The lowest BCUT2D eigenvalue weighted by atomic mass is 9.45. The van der Waals surface area contributed by atoms with Crippen molar-refractivity contribution in [2.24, 2.45) is 22.7 Å². The van der Waals surface area contributed by atoms with Crippen LogP contribution in [-0.2, 0) is 9.22 Å². The second-order valence-electron chi connectivity index (χ2n) is 10.8. The molecule has 4 aliphatic carbocycles. The van der Waals surface area contributed by atoms with E-state index in [0.29, 0.717) is 25.0 Å². The lowest BCUT2D eigenvalue weighted by molar-refractivity contribution is -0.185. The fourth-order valence-corrected chi connectivity index (χ4v) is 7.70. The highest BCUT2D eigenvalue weighted by Crippen LogP contribution is 2.68. The van der Waals surface area contributed by atoms with Gasteiger partial charge in [0, 0.05) is 22.3 Å². The minimum Gasteiger partial charge on any atom is -0.544 e. The predicted octanol–water partition coefficient (Wildman–Crippen LogP) is 5.83. The van der Waals surface area contributed by atoms with Crippen LogP contribution >= 0.6 is 11.6 Å². The molecule has 0 heterocycles. The summed E-state index contributed by atoms with van der Waals surface area (Å²) in [5, 5.41) is 11.3. The van der Waals surface area contributed by atoms with E-state index in [1.54, 1.807) is 12.2 Å². The Morgan fingerprint density at radius 1 is 1.33 bits per heavy atom. The maximum atomic E-state index is 17.0. The van der Waals surface area contributed by atoms with Gasteiger partial charge in [0.25, 0.3) is 0 Å². The van der Waals surface area contributed by atoms with Crippen LogP contribution in [0.3, 0.4) is 0 Å². The normalized spacial score (nSPS) is 43.4. The number of carbonyl (C=O) groups excluding carboxylic acids is 1. The van der Waals surface area contributed by atoms with Gasteiger partial charge in [-0.25, -0.2) is 4.39 Å². The Bertz CT molecular complexity index is 901. The van der Waals surface area contributed by atoms with Crippen molar-refractivity contribution in [1.29, 1.82) is 0 Å². The average Bonchev–Trinajstić information content (AvgIpc) is 2.97. The van der Waals surface area contributed by atoms with Gasteiger partial charge in [0.05, 0.1) is 6.10 Å². The molecule has 0 bridgehead atoms. The highest BCUT2D eigenvalue weighted by Gasteiger charge is 2.69. The number of halogens is 2. The summed E-state index contributed by atoms with van der Waals surface area (Å²) in [6.07, 6.45) is 8.11. The van der Waals surface area contributed by atoms with Crippen LogP contribution in [-0.4, -0.2) is 31.0 Å². The molecule has 2 fully saturated rings. The summed E-state index contributed by atoms with van der Waals surface area (Å²) in [6, 6.07) is 0. The molecule has 6 atom stereocenters. The number of alkyl halides is 1. The molecule has 0 radical (unpaired) electrons. The van der Waals surface area contributed by atoms with Gasteiger partial charge in [-0.05, 0) is 75.9 Å². The number of allylic oxidation sites excluding steroid dienone is 6. The van der Waals surface area contributed by atoms with Crippen LogP contribution in [0.4, 0.5) is 4.39 Å². The zero-order chi connectivity index (χ0) is 22.1. The van der Waals surface area contributed by atoms with E-state index in [1.807, 2.05) is 6.92 Å². The van der Waals surface area contributed by atoms with E-state index >= 15 is 4.39 Å². The number of carbonyl (C=O) groups is 1. The summed E-state index contributed by atoms with van der Waals surface area (Å²) >= 11 is 6.18. The molecule has 4 aliphatic rings. The SMILES string of the molecule is C[C@]12C=CC(=O)C=C1CC[C@H]1[C@@H]3CC=C(C(=CCl)O[Si](C)(C)C)[C@@]3(C)C[C@H](O)[C@@]12F. The fourth-order valence-electron chi connectivity index (χ4n) is 6.63. The highest BCUT2D eigenvalue weighted by molar-refractivity contribution is 6.70. The van der Waals surface area contributed by atoms with Gasteiger partial charge in [0.1, 0.15) is 5.76 Å². The fraction of sp³-hybridized carbons (Fsp3) is 0.625. The topological polar surface area (TPSA) is 46.5 Å². The predicted molar refractivity (Wildman–Crippen MR) is 120 cm³/mol. The second kappa shape index (κ2) is 6.91. The van der Waals surface area contributed by atoms with Crippen LogP contribution in [0, 0.1) is 22.7 Å². The van der Waals surface area contributed by atoms with E-state index < -0.39 is 30.9 Å². The number of hydrogen-bond acceptors (Lipinski definition) is 3. The Morgan fingerprint density at radius 2 is 2.03 bits per heavy atom. The van der Waals surface area contributed by atoms with Gasteiger partial charge in [-0.15, -0.1) is 0 Å². The standard InChI is InChI=1S/C24H32ClFO3Si/c1-22-13-21(28)24(26)18(7-6-15-12-16(27)10-11-23(15,24)2)17(22)8-9-19(22)20(14-25)29-30(3,4)5/h9-12,14,17-18,21,28H,6-8,13H2,1-5H3/t17-,18-,21-,22-,23-,24-/m0/s1. The number of rotatable bonds is 3. The van der Waals surface area contributed by atoms with Crippen molar-refractivity contribution < 1.29 is 18.7 Å². The van der Waals surface area contributed by atoms with Crippen LogP contribution in [0.1, 0.15) is 39.5 Å². The van der Waals surface area contributed by atoms with Crippen molar-refractivity contribution in [2.45, 2.75) is 70.9 Å². The van der Waals surface area contributed by atoms with E-state index in [1.165, 1.54) is 11.6 Å². The van der Waals surface area contributed by atoms with Crippen LogP contribution in [0.25, 0.3) is 0 Å². The van der Waals surface area contributed by atoms with Crippen molar-refractivity contribution >= 4 is 25.7 Å². The average molecular weight is 451 g/mol. The third-order valence-corrected chi connectivity index (χ3v) is 9.03. The molecule has 0 spiro atoms. The second-order valence-corrected chi connectivity index (χ2v) is 15.5. The summed E-state index contributed by atoms with van der Waals surface area (Å²) in [6.45, 7) is 10.3. The maximum Gasteiger partial charge on any atom is 0.242 e. The Hall–Kier alpha value is -1.17. The molecule has 0 amide bonds. The van der Waals surface area contributed by atoms with Gasteiger partial charge in [-0.2, -0.15) is 0 Å². The third-order valence-electron chi connectivity index (χ3n) is 8.00. The lowest BCUT2D eigenvalue weighted by Crippen LogP contribution is -2.66. The Kier molecular flexibility index (Phi) is 5.08. The lowest BCUT2D eigenvalue weighted by Gasteiger charge is -2.61. The first-order valence-electron chi connectivity index (χ1n) is 10.9. The molecule has 30 heavy (non-hydrogen) atoms. The van der Waals surface area contributed by atoms with Gasteiger partial charge in [0.15, 0.2) is 11.5 Å². The Morgan fingerprint density at radius 3 is 2.67 bits per heavy atom. The minimum atomic E-state index is -1.89. The number of aliphatic hydroxyl groups is 1. The third kappa shape index (κ3) is 2.95. The molecule has 0 saturated heterocycles. The zero-order valence-electron chi connectivity index (χ0n) is 18.5. The smallest absolute Gasteiger partial charge is 0.242 e. The summed E-state index contributed by atoms with van der Waals surface area (Å²) in [7, 11) is -1.89. The van der Waals surface area contributed by atoms with Crippen LogP contribution < -0.4 is 0 Å². The monoisotopic (exact) mass is 450 g/mol. The Labute approximate surface area is 184 Å². The molecule has 3 nitrogen and oxygen atoms in total. The molecule has 0 aromatic carbocycles. The van der Waals surface area contributed by atoms with Crippen molar-refractivity contribution in [3.63, 3.8) is 0 Å². The molecule has 6 heteroatoms. The zero-order valence-corrected chi connectivity index (χ0v) is 20.2. The first kappa shape index (κ1) is 22.0. The number of ketones is 1. The summed E-state index contributed by atoms with van der Waals surface area (Å²) in [5.41, 5.74) is 0.170. The van der Waals surface area contributed by atoms with E-state index in [-0.39, 0.29) is 17.6 Å². The summed E-state index contributed by atoms with van der Waals surface area (Å²) in [5.74, 6) is 0.334. The van der Waals surface area contributed by atoms with Crippen LogP contribution in [0.5, 0.6) is 0 Å². The van der Waals surface area contributed by atoms with Gasteiger partial charge < -0.3 is 9.53 Å². The molecule has 164 valence electrons. The van der Waals surface area contributed by atoms with E-state index in [4.69, 9.17) is 16.0 Å².